The number of hydrogen-bond acceptors (Lipinski definition) is 2. The van der Waals surface area contributed by atoms with E-state index in [2.05, 4.69) is 53.6 Å². The van der Waals surface area contributed by atoms with Crippen LogP contribution in [0.3, 0.4) is 0 Å². The zero-order valence-electron chi connectivity index (χ0n) is 12.5. The minimum absolute atomic E-state index is 0.556. The summed E-state index contributed by atoms with van der Waals surface area (Å²) >= 11 is 2.01. The highest BCUT2D eigenvalue weighted by Crippen LogP contribution is 2.40. The van der Waals surface area contributed by atoms with Gasteiger partial charge >= 0.3 is 0 Å². The third-order valence-corrected chi connectivity index (χ3v) is 6.14. The van der Waals surface area contributed by atoms with E-state index in [-0.39, 0.29) is 0 Å². The Morgan fingerprint density at radius 1 is 1.24 bits per heavy atom. The quantitative estimate of drug-likeness (QED) is 0.923. The predicted octanol–water partition coefficient (Wildman–Crippen LogP) is 3.97. The molecule has 0 saturated heterocycles. The first-order chi connectivity index (χ1) is 10.3. The van der Waals surface area contributed by atoms with Gasteiger partial charge in [-0.15, -0.1) is 11.8 Å². The van der Waals surface area contributed by atoms with Crippen LogP contribution in [-0.4, -0.2) is 17.4 Å². The zero-order chi connectivity index (χ0) is 14.2. The van der Waals surface area contributed by atoms with Crippen LogP contribution in [0.2, 0.25) is 0 Å². The first kappa shape index (κ1) is 13.5. The van der Waals surface area contributed by atoms with Crippen molar-refractivity contribution in [1.82, 2.24) is 9.88 Å². The first-order valence-electron chi connectivity index (χ1n) is 7.92. The van der Waals surface area contributed by atoms with Crippen LogP contribution >= 0.6 is 11.8 Å². The van der Waals surface area contributed by atoms with Crippen molar-refractivity contribution in [3.63, 3.8) is 0 Å². The van der Waals surface area contributed by atoms with Crippen LogP contribution in [-0.2, 0) is 13.0 Å². The number of hydrogen-bond donors (Lipinski definition) is 1. The van der Waals surface area contributed by atoms with Crippen molar-refractivity contribution < 1.29 is 0 Å². The van der Waals surface area contributed by atoms with Crippen molar-refractivity contribution in [2.75, 3.05) is 12.8 Å². The maximum absolute atomic E-state index is 3.47. The van der Waals surface area contributed by atoms with E-state index in [0.717, 1.165) is 6.54 Å². The molecule has 4 rings (SSSR count). The molecule has 0 bridgehead atoms. The summed E-state index contributed by atoms with van der Waals surface area (Å²) in [5, 5.41) is 3.47. The SMILES string of the molecule is CNC1CCCc2cn(CC3CSc4ccccc43)cc21. The van der Waals surface area contributed by atoms with Crippen molar-refractivity contribution in [3.05, 3.63) is 53.3 Å². The van der Waals surface area contributed by atoms with Gasteiger partial charge in [0.2, 0.25) is 0 Å². The molecular formula is C18H22N2S. The van der Waals surface area contributed by atoms with Gasteiger partial charge in [-0.1, -0.05) is 18.2 Å². The van der Waals surface area contributed by atoms with Crippen LogP contribution < -0.4 is 5.32 Å². The molecule has 1 aromatic heterocycles. The van der Waals surface area contributed by atoms with Crippen LogP contribution in [0.1, 0.15) is 41.5 Å². The third kappa shape index (κ3) is 2.43. The maximum Gasteiger partial charge on any atom is 0.0335 e. The van der Waals surface area contributed by atoms with Crippen molar-refractivity contribution >= 4 is 11.8 Å². The average Bonchev–Trinajstić information content (AvgIpc) is 3.11. The van der Waals surface area contributed by atoms with Crippen LogP contribution in [0.15, 0.2) is 41.6 Å². The summed E-state index contributed by atoms with van der Waals surface area (Å²) in [5.74, 6) is 1.88. The van der Waals surface area contributed by atoms with Gasteiger partial charge in [0.1, 0.15) is 0 Å². The fourth-order valence-electron chi connectivity index (χ4n) is 3.79. The number of aromatic nitrogens is 1. The van der Waals surface area contributed by atoms with E-state index in [4.69, 9.17) is 0 Å². The highest BCUT2D eigenvalue weighted by molar-refractivity contribution is 7.99. The molecule has 0 amide bonds. The van der Waals surface area contributed by atoms with Crippen LogP contribution in [0.4, 0.5) is 0 Å². The van der Waals surface area contributed by atoms with Crippen LogP contribution in [0, 0.1) is 0 Å². The van der Waals surface area contributed by atoms with E-state index >= 15 is 0 Å². The Labute approximate surface area is 130 Å². The summed E-state index contributed by atoms with van der Waals surface area (Å²) in [6, 6.07) is 9.45. The molecule has 0 saturated carbocycles. The molecule has 2 atom stereocenters. The van der Waals surface area contributed by atoms with Crippen LogP contribution in [0.5, 0.6) is 0 Å². The highest BCUT2D eigenvalue weighted by atomic mass is 32.2. The Balaban J connectivity index is 1.58. The molecule has 2 unspecified atom stereocenters. The Morgan fingerprint density at radius 2 is 2.14 bits per heavy atom. The molecule has 0 radical (unpaired) electrons. The smallest absolute Gasteiger partial charge is 0.0335 e. The number of benzene rings is 1. The molecular weight excluding hydrogens is 276 g/mol. The standard InChI is InChI=1S/C18H22N2S/c1-19-17-7-4-5-13-9-20(11-16(13)17)10-14-12-21-18-8-3-2-6-15(14)18/h2-3,6,8-9,11,14,17,19H,4-5,7,10,12H2,1H3. The molecule has 2 heterocycles. The summed E-state index contributed by atoms with van der Waals surface area (Å²) in [5.41, 5.74) is 4.63. The molecule has 2 aliphatic rings. The zero-order valence-corrected chi connectivity index (χ0v) is 13.3. The van der Waals surface area contributed by atoms with E-state index < -0.39 is 0 Å². The van der Waals surface area contributed by atoms with Crippen LogP contribution in [0.25, 0.3) is 0 Å². The summed E-state index contributed by atoms with van der Waals surface area (Å²) < 4.78 is 2.44. The van der Waals surface area contributed by atoms with Gasteiger partial charge in [0, 0.05) is 41.5 Å². The molecule has 1 aliphatic heterocycles. The first-order valence-corrected chi connectivity index (χ1v) is 8.91. The predicted molar refractivity (Wildman–Crippen MR) is 89.1 cm³/mol. The molecule has 0 fully saturated rings. The van der Waals surface area contributed by atoms with Crippen molar-refractivity contribution in [2.45, 2.75) is 42.7 Å². The molecule has 1 N–H and O–H groups in total. The number of fused-ring (bicyclic) bond motifs is 2. The molecule has 1 aromatic carbocycles. The second-order valence-corrected chi connectivity index (χ2v) is 7.28. The van der Waals surface area contributed by atoms with Crippen molar-refractivity contribution in [2.24, 2.45) is 0 Å². The number of thioether (sulfide) groups is 1. The van der Waals surface area contributed by atoms with E-state index in [9.17, 15) is 0 Å². The molecule has 3 heteroatoms. The van der Waals surface area contributed by atoms with Gasteiger partial charge in [0.25, 0.3) is 0 Å². The fraction of sp³-hybridized carbons (Fsp3) is 0.444. The molecule has 1 aliphatic carbocycles. The maximum atomic E-state index is 3.47. The van der Waals surface area contributed by atoms with E-state index in [1.807, 2.05) is 11.8 Å². The minimum atomic E-state index is 0.556. The summed E-state index contributed by atoms with van der Waals surface area (Å²) in [7, 11) is 2.08. The van der Waals surface area contributed by atoms with Gasteiger partial charge in [0.05, 0.1) is 0 Å². The lowest BCUT2D eigenvalue weighted by Gasteiger charge is -2.21. The van der Waals surface area contributed by atoms with Gasteiger partial charge in [-0.3, -0.25) is 0 Å². The highest BCUT2D eigenvalue weighted by Gasteiger charge is 2.25. The second-order valence-electron chi connectivity index (χ2n) is 6.21. The lowest BCUT2D eigenvalue weighted by atomic mass is 9.91. The van der Waals surface area contributed by atoms with Gasteiger partial charge in [-0.2, -0.15) is 0 Å². The number of nitrogens with zero attached hydrogens (tertiary/aromatic N) is 1. The average molecular weight is 298 g/mol. The molecule has 2 aromatic rings. The second kappa shape index (κ2) is 5.54. The van der Waals surface area contributed by atoms with Gasteiger partial charge in [-0.05, 0) is 49.1 Å². The Hall–Kier alpha value is -1.19. The van der Waals surface area contributed by atoms with Crippen molar-refractivity contribution in [1.29, 1.82) is 0 Å². The number of nitrogens with one attached hydrogen (secondary N) is 1. The fourth-order valence-corrected chi connectivity index (χ4v) is 5.03. The van der Waals surface area contributed by atoms with Gasteiger partial charge in [0.15, 0.2) is 0 Å². The van der Waals surface area contributed by atoms with Crippen molar-refractivity contribution in [3.8, 4) is 0 Å². The van der Waals surface area contributed by atoms with E-state index in [0.29, 0.717) is 12.0 Å². The topological polar surface area (TPSA) is 17.0 Å². The van der Waals surface area contributed by atoms with Gasteiger partial charge < -0.3 is 9.88 Å². The third-order valence-electron chi connectivity index (χ3n) is 4.89. The summed E-state index contributed by atoms with van der Waals surface area (Å²) in [6.45, 7) is 1.12. The minimum Gasteiger partial charge on any atom is -0.353 e. The summed E-state index contributed by atoms with van der Waals surface area (Å²) in [6.07, 6.45) is 8.61. The molecule has 2 nitrogen and oxygen atoms in total. The largest absolute Gasteiger partial charge is 0.353 e. The Morgan fingerprint density at radius 3 is 3.05 bits per heavy atom. The monoisotopic (exact) mass is 298 g/mol. The molecule has 21 heavy (non-hydrogen) atoms. The Kier molecular flexibility index (Phi) is 3.56. The molecule has 0 spiro atoms. The number of aryl methyl sites for hydroxylation is 1. The van der Waals surface area contributed by atoms with E-state index in [1.165, 1.54) is 35.5 Å². The normalized spacial score (nSPS) is 23.9. The Bertz CT molecular complexity index is 646. The summed E-state index contributed by atoms with van der Waals surface area (Å²) in [4.78, 5) is 1.48. The van der Waals surface area contributed by atoms with E-state index in [1.54, 1.807) is 11.1 Å². The molecule has 110 valence electrons. The van der Waals surface area contributed by atoms with Gasteiger partial charge in [-0.25, -0.2) is 0 Å². The lowest BCUT2D eigenvalue weighted by molar-refractivity contribution is 0.498. The lowest BCUT2D eigenvalue weighted by Crippen LogP contribution is -2.20. The number of rotatable bonds is 3.